The molecule has 0 spiro atoms. The molecule has 1 amide bonds. The highest BCUT2D eigenvalue weighted by Crippen LogP contribution is 2.49. The Morgan fingerprint density at radius 1 is 1.14 bits per heavy atom. The van der Waals surface area contributed by atoms with Crippen LogP contribution in [0.3, 0.4) is 0 Å². The molecule has 0 aromatic heterocycles. The average molecular weight is 293 g/mol. The summed E-state index contributed by atoms with van der Waals surface area (Å²) in [7, 11) is 2.19. The summed E-state index contributed by atoms with van der Waals surface area (Å²) in [6, 6.07) is 0. The van der Waals surface area contributed by atoms with Crippen molar-refractivity contribution in [3.8, 4) is 0 Å². The first-order valence-corrected chi connectivity index (χ1v) is 8.88. The molecule has 21 heavy (non-hydrogen) atoms. The normalized spacial score (nSPS) is 33.5. The Hall–Kier alpha value is -0.610. The molecule has 1 saturated heterocycles. The average Bonchev–Trinajstić information content (AvgIpc) is 3.08. The first-order chi connectivity index (χ1) is 10.2. The van der Waals surface area contributed by atoms with Gasteiger partial charge in [0, 0.05) is 39.1 Å². The maximum absolute atomic E-state index is 12.0. The Balaban J connectivity index is 1.25. The summed E-state index contributed by atoms with van der Waals surface area (Å²) >= 11 is 0. The standard InChI is InChI=1S/C17H31N3O/c1-19-7-9-20(10-8-19)6-2-5-18-17(21)13-16-12-14-3-4-15(16)11-14/h14-16H,2-13H2,1H3,(H,18,21)/t14-,15-,16-/m0/s1. The second kappa shape index (κ2) is 7.10. The lowest BCUT2D eigenvalue weighted by molar-refractivity contribution is -0.122. The minimum absolute atomic E-state index is 0.297. The van der Waals surface area contributed by atoms with Crippen LogP contribution in [0.5, 0.6) is 0 Å². The van der Waals surface area contributed by atoms with E-state index >= 15 is 0 Å². The maximum atomic E-state index is 12.0. The van der Waals surface area contributed by atoms with E-state index in [4.69, 9.17) is 0 Å². The Kier molecular flexibility index (Phi) is 5.17. The number of carbonyl (C=O) groups excluding carboxylic acids is 1. The first kappa shape index (κ1) is 15.3. The van der Waals surface area contributed by atoms with Crippen molar-refractivity contribution in [1.82, 2.24) is 15.1 Å². The van der Waals surface area contributed by atoms with Crippen molar-refractivity contribution in [2.24, 2.45) is 17.8 Å². The molecule has 1 N–H and O–H groups in total. The van der Waals surface area contributed by atoms with E-state index in [0.717, 1.165) is 37.8 Å². The van der Waals surface area contributed by atoms with Gasteiger partial charge < -0.3 is 15.1 Å². The molecule has 0 aromatic rings. The molecule has 2 saturated carbocycles. The van der Waals surface area contributed by atoms with Crippen molar-refractivity contribution >= 4 is 5.91 Å². The number of likely N-dealkylation sites (N-methyl/N-ethyl adjacent to an activating group) is 1. The lowest BCUT2D eigenvalue weighted by Gasteiger charge is -2.32. The smallest absolute Gasteiger partial charge is 0.220 e. The summed E-state index contributed by atoms with van der Waals surface area (Å²) in [5, 5.41) is 3.14. The fourth-order valence-corrected chi connectivity index (χ4v) is 4.54. The van der Waals surface area contributed by atoms with Crippen LogP contribution in [-0.2, 0) is 4.79 Å². The summed E-state index contributed by atoms with van der Waals surface area (Å²) in [5.74, 6) is 2.81. The van der Waals surface area contributed by atoms with Gasteiger partial charge in [-0.3, -0.25) is 4.79 Å². The molecule has 3 aliphatic rings. The predicted octanol–water partition coefficient (Wildman–Crippen LogP) is 1.57. The van der Waals surface area contributed by atoms with Crippen molar-refractivity contribution in [3.63, 3.8) is 0 Å². The van der Waals surface area contributed by atoms with E-state index in [1.165, 1.54) is 51.9 Å². The van der Waals surface area contributed by atoms with Crippen molar-refractivity contribution in [1.29, 1.82) is 0 Å². The Bertz CT molecular complexity index is 352. The third-order valence-corrected chi connectivity index (χ3v) is 5.90. The molecule has 0 aromatic carbocycles. The van der Waals surface area contributed by atoms with Crippen LogP contribution in [0.15, 0.2) is 0 Å². The largest absolute Gasteiger partial charge is 0.356 e. The highest BCUT2D eigenvalue weighted by atomic mass is 16.1. The molecule has 3 atom stereocenters. The number of amides is 1. The number of piperazine rings is 1. The van der Waals surface area contributed by atoms with E-state index in [9.17, 15) is 4.79 Å². The minimum Gasteiger partial charge on any atom is -0.356 e. The van der Waals surface area contributed by atoms with Crippen LogP contribution < -0.4 is 5.32 Å². The van der Waals surface area contributed by atoms with Gasteiger partial charge in [-0.2, -0.15) is 0 Å². The van der Waals surface area contributed by atoms with Crippen LogP contribution in [-0.4, -0.2) is 62.0 Å². The molecule has 120 valence electrons. The van der Waals surface area contributed by atoms with Gasteiger partial charge in [0.2, 0.25) is 5.91 Å². The van der Waals surface area contributed by atoms with Crippen molar-refractivity contribution < 1.29 is 4.79 Å². The summed E-state index contributed by atoms with van der Waals surface area (Å²) in [4.78, 5) is 16.9. The van der Waals surface area contributed by atoms with Gasteiger partial charge in [0.1, 0.15) is 0 Å². The van der Waals surface area contributed by atoms with Gasteiger partial charge in [0.05, 0.1) is 0 Å². The molecule has 2 bridgehead atoms. The summed E-state index contributed by atoms with van der Waals surface area (Å²) in [6.07, 6.45) is 7.41. The Morgan fingerprint density at radius 3 is 2.62 bits per heavy atom. The van der Waals surface area contributed by atoms with Gasteiger partial charge in [0.25, 0.3) is 0 Å². The molecule has 0 radical (unpaired) electrons. The van der Waals surface area contributed by atoms with E-state index in [2.05, 4.69) is 22.2 Å². The molecule has 3 rings (SSSR count). The zero-order chi connectivity index (χ0) is 14.7. The predicted molar refractivity (Wildman–Crippen MR) is 85.1 cm³/mol. The molecule has 4 nitrogen and oxygen atoms in total. The number of hydrogen-bond acceptors (Lipinski definition) is 3. The van der Waals surface area contributed by atoms with Gasteiger partial charge in [-0.1, -0.05) is 6.42 Å². The van der Waals surface area contributed by atoms with Crippen LogP contribution in [0, 0.1) is 17.8 Å². The van der Waals surface area contributed by atoms with Crippen molar-refractivity contribution in [3.05, 3.63) is 0 Å². The Labute approximate surface area is 129 Å². The second-order valence-corrected chi connectivity index (χ2v) is 7.49. The zero-order valence-electron chi connectivity index (χ0n) is 13.5. The van der Waals surface area contributed by atoms with Gasteiger partial charge in [-0.15, -0.1) is 0 Å². The third kappa shape index (κ3) is 4.19. The zero-order valence-corrected chi connectivity index (χ0v) is 13.5. The number of hydrogen-bond donors (Lipinski definition) is 1. The molecular weight excluding hydrogens is 262 g/mol. The lowest BCUT2D eigenvalue weighted by Crippen LogP contribution is -2.45. The fraction of sp³-hybridized carbons (Fsp3) is 0.941. The van der Waals surface area contributed by atoms with Gasteiger partial charge in [0.15, 0.2) is 0 Å². The fourth-order valence-electron chi connectivity index (χ4n) is 4.54. The number of carbonyl (C=O) groups is 1. The number of rotatable bonds is 6. The number of fused-ring (bicyclic) bond motifs is 2. The first-order valence-electron chi connectivity index (χ1n) is 8.88. The van der Waals surface area contributed by atoms with E-state index in [1.807, 2.05) is 0 Å². The van der Waals surface area contributed by atoms with Crippen molar-refractivity contribution in [2.75, 3.05) is 46.3 Å². The van der Waals surface area contributed by atoms with E-state index in [1.54, 1.807) is 0 Å². The van der Waals surface area contributed by atoms with E-state index in [0.29, 0.717) is 11.8 Å². The number of nitrogens with zero attached hydrogens (tertiary/aromatic N) is 2. The molecular formula is C17H31N3O. The molecule has 4 heteroatoms. The molecule has 1 aliphatic heterocycles. The summed E-state index contributed by atoms with van der Waals surface area (Å²) < 4.78 is 0. The quantitative estimate of drug-likeness (QED) is 0.755. The minimum atomic E-state index is 0.297. The van der Waals surface area contributed by atoms with Crippen LogP contribution >= 0.6 is 0 Å². The highest BCUT2D eigenvalue weighted by molar-refractivity contribution is 5.76. The van der Waals surface area contributed by atoms with Crippen molar-refractivity contribution in [2.45, 2.75) is 38.5 Å². The number of nitrogens with one attached hydrogen (secondary N) is 1. The van der Waals surface area contributed by atoms with Crippen LogP contribution in [0.2, 0.25) is 0 Å². The monoisotopic (exact) mass is 293 g/mol. The highest BCUT2D eigenvalue weighted by Gasteiger charge is 2.39. The van der Waals surface area contributed by atoms with Crippen LogP contribution in [0.4, 0.5) is 0 Å². The molecule has 2 aliphatic carbocycles. The molecule has 0 unspecified atom stereocenters. The second-order valence-electron chi connectivity index (χ2n) is 7.49. The Morgan fingerprint density at radius 2 is 1.95 bits per heavy atom. The molecule has 3 fully saturated rings. The van der Waals surface area contributed by atoms with Gasteiger partial charge >= 0.3 is 0 Å². The lowest BCUT2D eigenvalue weighted by atomic mass is 9.86. The van der Waals surface area contributed by atoms with Crippen LogP contribution in [0.1, 0.15) is 38.5 Å². The van der Waals surface area contributed by atoms with Crippen LogP contribution in [0.25, 0.3) is 0 Å². The van der Waals surface area contributed by atoms with Gasteiger partial charge in [-0.05, 0) is 57.0 Å². The maximum Gasteiger partial charge on any atom is 0.220 e. The van der Waals surface area contributed by atoms with E-state index < -0.39 is 0 Å². The third-order valence-electron chi connectivity index (χ3n) is 5.90. The summed E-state index contributed by atoms with van der Waals surface area (Å²) in [6.45, 7) is 6.69. The van der Waals surface area contributed by atoms with E-state index in [-0.39, 0.29) is 0 Å². The topological polar surface area (TPSA) is 35.6 Å². The van der Waals surface area contributed by atoms with Gasteiger partial charge in [-0.25, -0.2) is 0 Å². The SMILES string of the molecule is CN1CCN(CCCNC(=O)C[C@@H]2C[C@H]3CC[C@H]2C3)CC1. The summed E-state index contributed by atoms with van der Waals surface area (Å²) in [5.41, 5.74) is 0. The molecule has 1 heterocycles.